The average Bonchev–Trinajstić information content (AvgIpc) is 3.46. The molecular weight excluding hydrogens is 416 g/mol. The number of pyridine rings is 1. The number of rotatable bonds is 4. The van der Waals surface area contributed by atoms with Gasteiger partial charge in [0.15, 0.2) is 0 Å². The summed E-state index contributed by atoms with van der Waals surface area (Å²) >= 11 is 0. The van der Waals surface area contributed by atoms with Gasteiger partial charge in [-0.2, -0.15) is 5.26 Å². The zero-order valence-corrected chi connectivity index (χ0v) is 20.5. The van der Waals surface area contributed by atoms with Crippen molar-refractivity contribution in [2.24, 2.45) is 5.92 Å². The zero-order valence-electron chi connectivity index (χ0n) is 20.5. The summed E-state index contributed by atoms with van der Waals surface area (Å²) < 4.78 is 2.38. The fraction of sp³-hybridized carbons (Fsp3) is 0.333. The van der Waals surface area contributed by atoms with Crippen molar-refractivity contribution in [3.63, 3.8) is 0 Å². The minimum Gasteiger partial charge on any atom is -0.346 e. The standard InChI is InChI=1S/C30H32N4/c1-21-5-9-25(10-6-21)29-26(24-11-7-22(18-31)8-12-24)17-28-27(32-29)14-15-33(28)19-23-13-16-34(20-23)30(2,3)4/h5-12,14-15,17,23H,13,16,19-20H2,1-4H3/t23-/m1/s1. The van der Waals surface area contributed by atoms with Gasteiger partial charge < -0.3 is 4.57 Å². The molecule has 3 heterocycles. The van der Waals surface area contributed by atoms with E-state index in [1.165, 1.54) is 24.0 Å². The molecule has 172 valence electrons. The van der Waals surface area contributed by atoms with E-state index < -0.39 is 0 Å². The SMILES string of the molecule is Cc1ccc(-c2nc3ccn(C[C@H]4CCN(C(C)(C)C)C4)c3cc2-c2ccc(C#N)cc2)cc1. The molecule has 2 aromatic heterocycles. The molecule has 4 aromatic rings. The van der Waals surface area contributed by atoms with Crippen molar-refractivity contribution in [1.29, 1.82) is 5.26 Å². The van der Waals surface area contributed by atoms with Gasteiger partial charge in [-0.1, -0.05) is 42.0 Å². The van der Waals surface area contributed by atoms with Gasteiger partial charge in [0.25, 0.3) is 0 Å². The Morgan fingerprint density at radius 1 is 1.00 bits per heavy atom. The number of fused-ring (bicyclic) bond motifs is 1. The highest BCUT2D eigenvalue weighted by molar-refractivity contribution is 5.90. The van der Waals surface area contributed by atoms with Crippen LogP contribution in [0.3, 0.4) is 0 Å². The van der Waals surface area contributed by atoms with Crippen LogP contribution >= 0.6 is 0 Å². The second-order valence-corrected chi connectivity index (χ2v) is 10.6. The van der Waals surface area contributed by atoms with Gasteiger partial charge in [-0.25, -0.2) is 4.98 Å². The molecule has 0 aliphatic carbocycles. The predicted octanol–water partition coefficient (Wildman–Crippen LogP) is 6.67. The predicted molar refractivity (Wildman–Crippen MR) is 139 cm³/mol. The molecule has 0 N–H and O–H groups in total. The van der Waals surface area contributed by atoms with Crippen LogP contribution in [0.2, 0.25) is 0 Å². The summed E-state index contributed by atoms with van der Waals surface area (Å²) in [5.74, 6) is 0.643. The lowest BCUT2D eigenvalue weighted by atomic mass is 9.97. The first-order chi connectivity index (χ1) is 16.3. The van der Waals surface area contributed by atoms with Crippen LogP contribution in [0.5, 0.6) is 0 Å². The van der Waals surface area contributed by atoms with Gasteiger partial charge in [0.05, 0.1) is 28.4 Å². The summed E-state index contributed by atoms with van der Waals surface area (Å²) in [6.07, 6.45) is 3.42. The van der Waals surface area contributed by atoms with Crippen molar-refractivity contribution in [2.75, 3.05) is 13.1 Å². The molecule has 1 aliphatic rings. The Labute approximate surface area is 202 Å². The number of aromatic nitrogens is 2. The van der Waals surface area contributed by atoms with Crippen LogP contribution in [0.15, 0.2) is 66.9 Å². The maximum Gasteiger partial charge on any atom is 0.0991 e. The van der Waals surface area contributed by atoms with Crippen molar-refractivity contribution in [2.45, 2.75) is 46.2 Å². The first-order valence-corrected chi connectivity index (χ1v) is 12.1. The van der Waals surface area contributed by atoms with Crippen LogP contribution in [-0.2, 0) is 6.54 Å². The lowest BCUT2D eigenvalue weighted by molar-refractivity contribution is 0.166. The maximum absolute atomic E-state index is 9.24. The summed E-state index contributed by atoms with van der Waals surface area (Å²) in [6, 6.07) is 23.1. The van der Waals surface area contributed by atoms with Gasteiger partial charge in [0.2, 0.25) is 0 Å². The molecule has 5 rings (SSSR count). The molecule has 0 spiro atoms. The van der Waals surface area contributed by atoms with E-state index in [2.05, 4.69) is 85.8 Å². The summed E-state index contributed by atoms with van der Waals surface area (Å²) in [7, 11) is 0. The van der Waals surface area contributed by atoms with Gasteiger partial charge in [-0.05, 0) is 76.4 Å². The van der Waals surface area contributed by atoms with Crippen molar-refractivity contribution < 1.29 is 0 Å². The van der Waals surface area contributed by atoms with E-state index in [0.717, 1.165) is 41.0 Å². The molecule has 0 saturated carbocycles. The number of nitrogens with zero attached hydrogens (tertiary/aromatic N) is 4. The lowest BCUT2D eigenvalue weighted by Gasteiger charge is -2.31. The van der Waals surface area contributed by atoms with E-state index in [0.29, 0.717) is 11.5 Å². The van der Waals surface area contributed by atoms with E-state index >= 15 is 0 Å². The molecular formula is C30H32N4. The average molecular weight is 449 g/mol. The lowest BCUT2D eigenvalue weighted by Crippen LogP contribution is -2.39. The molecule has 1 saturated heterocycles. The zero-order chi connectivity index (χ0) is 23.9. The Bertz CT molecular complexity index is 1350. The topological polar surface area (TPSA) is 44.9 Å². The highest BCUT2D eigenvalue weighted by Gasteiger charge is 2.30. The third-order valence-electron chi connectivity index (χ3n) is 7.09. The van der Waals surface area contributed by atoms with Gasteiger partial charge in [0.1, 0.15) is 0 Å². The van der Waals surface area contributed by atoms with E-state index in [1.807, 2.05) is 24.3 Å². The summed E-state index contributed by atoms with van der Waals surface area (Å²) in [5.41, 5.74) is 8.59. The smallest absolute Gasteiger partial charge is 0.0991 e. The minimum atomic E-state index is 0.223. The number of likely N-dealkylation sites (tertiary alicyclic amines) is 1. The van der Waals surface area contributed by atoms with E-state index in [1.54, 1.807) is 0 Å². The third kappa shape index (κ3) is 4.36. The molecule has 0 unspecified atom stereocenters. The van der Waals surface area contributed by atoms with E-state index in [9.17, 15) is 5.26 Å². The molecule has 0 radical (unpaired) electrons. The fourth-order valence-electron chi connectivity index (χ4n) is 5.01. The Kier molecular flexibility index (Phi) is 5.75. The number of hydrogen-bond donors (Lipinski definition) is 0. The maximum atomic E-state index is 9.24. The van der Waals surface area contributed by atoms with Crippen LogP contribution in [0, 0.1) is 24.2 Å². The van der Waals surface area contributed by atoms with Crippen LogP contribution in [0.25, 0.3) is 33.4 Å². The van der Waals surface area contributed by atoms with Crippen molar-refractivity contribution in [1.82, 2.24) is 14.5 Å². The van der Waals surface area contributed by atoms with Crippen LogP contribution in [-0.4, -0.2) is 33.1 Å². The Morgan fingerprint density at radius 2 is 1.71 bits per heavy atom. The van der Waals surface area contributed by atoms with Gasteiger partial charge in [0, 0.05) is 36.0 Å². The second-order valence-electron chi connectivity index (χ2n) is 10.6. The van der Waals surface area contributed by atoms with Crippen molar-refractivity contribution in [3.05, 3.63) is 78.0 Å². The summed E-state index contributed by atoms with van der Waals surface area (Å²) in [5, 5.41) is 9.24. The van der Waals surface area contributed by atoms with Gasteiger partial charge in [-0.15, -0.1) is 0 Å². The van der Waals surface area contributed by atoms with Gasteiger partial charge >= 0.3 is 0 Å². The molecule has 1 fully saturated rings. The first-order valence-electron chi connectivity index (χ1n) is 12.1. The van der Waals surface area contributed by atoms with Crippen molar-refractivity contribution in [3.8, 4) is 28.5 Å². The van der Waals surface area contributed by atoms with E-state index in [-0.39, 0.29) is 5.54 Å². The molecule has 1 aliphatic heterocycles. The second kappa shape index (κ2) is 8.74. The van der Waals surface area contributed by atoms with Crippen molar-refractivity contribution >= 4 is 11.0 Å². The molecule has 0 amide bonds. The number of nitriles is 1. The molecule has 4 heteroatoms. The normalized spacial score (nSPS) is 16.7. The van der Waals surface area contributed by atoms with E-state index in [4.69, 9.17) is 4.98 Å². The molecule has 0 bridgehead atoms. The number of benzene rings is 2. The van der Waals surface area contributed by atoms with Crippen LogP contribution in [0.1, 0.15) is 38.3 Å². The molecule has 1 atom stereocenters. The fourth-order valence-corrected chi connectivity index (χ4v) is 5.01. The highest BCUT2D eigenvalue weighted by atomic mass is 15.2. The molecule has 34 heavy (non-hydrogen) atoms. The van der Waals surface area contributed by atoms with Crippen LogP contribution < -0.4 is 0 Å². The number of aryl methyl sites for hydroxylation is 1. The largest absolute Gasteiger partial charge is 0.346 e. The Morgan fingerprint density at radius 3 is 2.35 bits per heavy atom. The highest BCUT2D eigenvalue weighted by Crippen LogP contribution is 2.35. The molecule has 2 aromatic carbocycles. The Hall–Kier alpha value is -3.42. The monoisotopic (exact) mass is 448 g/mol. The quantitative estimate of drug-likeness (QED) is 0.350. The number of hydrogen-bond acceptors (Lipinski definition) is 3. The Balaban J connectivity index is 1.56. The van der Waals surface area contributed by atoms with Gasteiger partial charge in [-0.3, -0.25) is 4.90 Å². The minimum absolute atomic E-state index is 0.223. The summed E-state index contributed by atoms with van der Waals surface area (Å²) in [6.45, 7) is 12.3. The van der Waals surface area contributed by atoms with Crippen LogP contribution in [0.4, 0.5) is 0 Å². The third-order valence-corrected chi connectivity index (χ3v) is 7.09. The first kappa shape index (κ1) is 22.4. The summed E-state index contributed by atoms with van der Waals surface area (Å²) in [4.78, 5) is 7.74. The molecule has 4 nitrogen and oxygen atoms in total.